The van der Waals surface area contributed by atoms with Gasteiger partial charge in [0.2, 0.25) is 0 Å². The molecule has 0 saturated heterocycles. The molecule has 172 valence electrons. The molecule has 0 aliphatic rings. The van der Waals surface area contributed by atoms with Gasteiger partial charge in [-0.1, -0.05) is 48.5 Å². The van der Waals surface area contributed by atoms with Gasteiger partial charge in [-0.3, -0.25) is 14.4 Å². The molecule has 0 bridgehead atoms. The number of halogens is 1. The Balaban J connectivity index is 1.61. The van der Waals surface area contributed by atoms with Crippen LogP contribution in [-0.4, -0.2) is 30.1 Å². The maximum absolute atomic E-state index is 14.1. The van der Waals surface area contributed by atoms with E-state index in [0.29, 0.717) is 23.2 Å². The monoisotopic (exact) mass is 451 g/mol. The summed E-state index contributed by atoms with van der Waals surface area (Å²) in [5.74, 6) is -1.58. The third-order valence-electron chi connectivity index (χ3n) is 4.80. The fourth-order valence-corrected chi connectivity index (χ4v) is 3.08. The van der Waals surface area contributed by atoms with Crippen LogP contribution in [0.5, 0.6) is 0 Å². The van der Waals surface area contributed by atoms with Crippen molar-refractivity contribution in [3.05, 3.63) is 101 Å². The molecular weight excluding hydrogens is 425 g/mol. The van der Waals surface area contributed by atoms with Crippen molar-refractivity contribution < 1.29 is 23.9 Å². The number of hydrogen-bond donors (Lipinski definition) is 4. The molecule has 0 heterocycles. The molecule has 3 aromatic rings. The number of carbonyl (C=O) groups excluding carboxylic acids is 2. The van der Waals surface area contributed by atoms with Crippen molar-refractivity contribution in [1.29, 1.82) is 0 Å². The maximum atomic E-state index is 14.1. The van der Waals surface area contributed by atoms with Crippen LogP contribution in [0, 0.1) is 5.82 Å². The predicted octanol–water partition coefficient (Wildman–Crippen LogP) is 3.41. The van der Waals surface area contributed by atoms with E-state index >= 15 is 0 Å². The average molecular weight is 451 g/mol. The third kappa shape index (κ3) is 7.13. The maximum Gasteiger partial charge on any atom is 0.276 e. The van der Waals surface area contributed by atoms with E-state index in [4.69, 9.17) is 9.94 Å². The number of hydrogen-bond acceptors (Lipinski definition) is 5. The lowest BCUT2D eigenvalue weighted by Crippen LogP contribution is -2.26. The quantitative estimate of drug-likeness (QED) is 0.265. The first-order valence-corrected chi connectivity index (χ1v) is 10.5. The van der Waals surface area contributed by atoms with Gasteiger partial charge >= 0.3 is 0 Å². The van der Waals surface area contributed by atoms with Gasteiger partial charge in [0.15, 0.2) is 0 Å². The summed E-state index contributed by atoms with van der Waals surface area (Å²) in [6.07, 6.45) is 0.391. The number of benzene rings is 3. The zero-order valence-corrected chi connectivity index (χ0v) is 18.0. The van der Waals surface area contributed by atoms with E-state index in [9.17, 15) is 14.0 Å². The fraction of sp³-hybridized carbons (Fsp3) is 0.200. The number of amides is 2. The number of aliphatic hydroxyl groups excluding tert-OH is 1. The van der Waals surface area contributed by atoms with Crippen LogP contribution < -0.4 is 16.1 Å². The van der Waals surface area contributed by atoms with Crippen molar-refractivity contribution >= 4 is 17.5 Å². The number of rotatable bonds is 11. The summed E-state index contributed by atoms with van der Waals surface area (Å²) in [4.78, 5) is 30.1. The number of nitrogens with one attached hydrogen (secondary N) is 3. The molecule has 0 aliphatic heterocycles. The third-order valence-corrected chi connectivity index (χ3v) is 4.80. The zero-order chi connectivity index (χ0) is 23.5. The largest absolute Gasteiger partial charge is 0.396 e. The second-order valence-electron chi connectivity index (χ2n) is 7.25. The van der Waals surface area contributed by atoms with Crippen LogP contribution in [0.15, 0.2) is 72.8 Å². The van der Waals surface area contributed by atoms with Gasteiger partial charge in [-0.15, -0.1) is 0 Å². The van der Waals surface area contributed by atoms with Gasteiger partial charge in [-0.2, -0.15) is 0 Å². The summed E-state index contributed by atoms with van der Waals surface area (Å²) in [6.45, 7) is 0.705. The SMILES string of the molecule is O=C(NCCCO)c1cc(CNc2ccccc2C(=O)NOCc2ccccc2)ccc1F. The Labute approximate surface area is 191 Å². The molecule has 3 aromatic carbocycles. The molecule has 7 nitrogen and oxygen atoms in total. The summed E-state index contributed by atoms with van der Waals surface area (Å²) in [7, 11) is 0. The Kier molecular flexibility index (Phi) is 8.93. The van der Waals surface area contributed by atoms with Crippen molar-refractivity contribution in [3.63, 3.8) is 0 Å². The molecule has 0 saturated carbocycles. The molecule has 0 aromatic heterocycles. The van der Waals surface area contributed by atoms with Gasteiger partial charge in [-0.05, 0) is 41.8 Å². The van der Waals surface area contributed by atoms with Crippen molar-refractivity contribution in [2.45, 2.75) is 19.6 Å². The smallest absolute Gasteiger partial charge is 0.276 e. The minimum absolute atomic E-state index is 0.0585. The first-order chi connectivity index (χ1) is 16.1. The van der Waals surface area contributed by atoms with Gasteiger partial charge in [0, 0.05) is 25.4 Å². The van der Waals surface area contributed by atoms with Gasteiger partial charge in [0.1, 0.15) is 5.82 Å². The van der Waals surface area contributed by atoms with Crippen molar-refractivity contribution in [1.82, 2.24) is 10.8 Å². The summed E-state index contributed by atoms with van der Waals surface area (Å²) >= 11 is 0. The fourth-order valence-electron chi connectivity index (χ4n) is 3.08. The van der Waals surface area contributed by atoms with E-state index < -0.39 is 17.6 Å². The summed E-state index contributed by atoms with van der Waals surface area (Å²) in [5, 5.41) is 14.5. The van der Waals surface area contributed by atoms with E-state index in [1.54, 1.807) is 30.3 Å². The van der Waals surface area contributed by atoms with Crippen molar-refractivity contribution in [2.24, 2.45) is 0 Å². The van der Waals surface area contributed by atoms with Gasteiger partial charge in [0.05, 0.1) is 17.7 Å². The number of para-hydroxylation sites is 1. The van der Waals surface area contributed by atoms with Crippen LogP contribution >= 0.6 is 0 Å². The highest BCUT2D eigenvalue weighted by Gasteiger charge is 2.14. The zero-order valence-electron chi connectivity index (χ0n) is 18.0. The van der Waals surface area contributed by atoms with Gasteiger partial charge < -0.3 is 15.7 Å². The van der Waals surface area contributed by atoms with Crippen LogP contribution in [0.3, 0.4) is 0 Å². The van der Waals surface area contributed by atoms with Crippen LogP contribution in [0.1, 0.15) is 38.3 Å². The molecule has 0 aliphatic carbocycles. The van der Waals surface area contributed by atoms with Gasteiger partial charge in [0.25, 0.3) is 11.8 Å². The number of anilines is 1. The Hall–Kier alpha value is -3.75. The van der Waals surface area contributed by atoms with E-state index in [1.165, 1.54) is 12.1 Å². The standard InChI is InChI=1S/C25H26FN3O4/c26-22-12-11-19(15-21(22)24(31)27-13-6-14-30)16-28-23-10-5-4-9-20(23)25(32)29-33-17-18-7-2-1-3-8-18/h1-5,7-12,15,28,30H,6,13-14,16-17H2,(H,27,31)(H,29,32). The minimum atomic E-state index is -0.629. The summed E-state index contributed by atoms with van der Waals surface area (Å²) < 4.78 is 14.1. The molecule has 0 spiro atoms. The van der Waals surface area contributed by atoms with Crippen LogP contribution in [-0.2, 0) is 18.0 Å². The van der Waals surface area contributed by atoms with Crippen molar-refractivity contribution in [2.75, 3.05) is 18.5 Å². The molecule has 33 heavy (non-hydrogen) atoms. The normalized spacial score (nSPS) is 10.5. The Morgan fingerprint density at radius 1 is 0.879 bits per heavy atom. The molecule has 0 fully saturated rings. The van der Waals surface area contributed by atoms with E-state index in [0.717, 1.165) is 5.56 Å². The van der Waals surface area contributed by atoms with Crippen LogP contribution in [0.2, 0.25) is 0 Å². The second-order valence-corrected chi connectivity index (χ2v) is 7.25. The summed E-state index contributed by atoms with van der Waals surface area (Å²) in [6, 6.07) is 20.7. The Morgan fingerprint density at radius 2 is 1.64 bits per heavy atom. The highest BCUT2D eigenvalue weighted by Crippen LogP contribution is 2.18. The average Bonchev–Trinajstić information content (AvgIpc) is 2.84. The van der Waals surface area contributed by atoms with Crippen molar-refractivity contribution in [3.8, 4) is 0 Å². The lowest BCUT2D eigenvalue weighted by molar-refractivity contribution is 0.0234. The lowest BCUT2D eigenvalue weighted by Gasteiger charge is -2.13. The predicted molar refractivity (Wildman–Crippen MR) is 123 cm³/mol. The molecule has 0 atom stereocenters. The molecule has 0 radical (unpaired) electrons. The highest BCUT2D eigenvalue weighted by atomic mass is 19.1. The first-order valence-electron chi connectivity index (χ1n) is 10.5. The minimum Gasteiger partial charge on any atom is -0.396 e. The molecule has 4 N–H and O–H groups in total. The second kappa shape index (κ2) is 12.3. The molecule has 8 heteroatoms. The molecule has 0 unspecified atom stereocenters. The summed E-state index contributed by atoms with van der Waals surface area (Å²) in [5.41, 5.74) is 4.91. The number of hydroxylamine groups is 1. The first kappa shape index (κ1) is 23.9. The highest BCUT2D eigenvalue weighted by molar-refractivity contribution is 5.99. The van der Waals surface area contributed by atoms with Crippen LogP contribution in [0.25, 0.3) is 0 Å². The lowest BCUT2D eigenvalue weighted by atomic mass is 10.1. The Bertz CT molecular complexity index is 1080. The number of carbonyl (C=O) groups is 2. The Morgan fingerprint density at radius 3 is 2.42 bits per heavy atom. The van der Waals surface area contributed by atoms with Gasteiger partial charge in [-0.25, -0.2) is 9.87 Å². The molecular formula is C25H26FN3O4. The van der Waals surface area contributed by atoms with E-state index in [-0.39, 0.29) is 31.9 Å². The van der Waals surface area contributed by atoms with E-state index in [1.807, 2.05) is 30.3 Å². The molecule has 3 rings (SSSR count). The van der Waals surface area contributed by atoms with Crippen LogP contribution in [0.4, 0.5) is 10.1 Å². The topological polar surface area (TPSA) is 99.7 Å². The van der Waals surface area contributed by atoms with E-state index in [2.05, 4.69) is 16.1 Å². The number of aliphatic hydroxyl groups is 1. The molecule has 2 amide bonds.